The molecule has 0 spiro atoms. The van der Waals surface area contributed by atoms with Crippen LogP contribution >= 0.6 is 15.9 Å². The van der Waals surface area contributed by atoms with Crippen LogP contribution in [0.1, 0.15) is 31.2 Å². The highest BCUT2D eigenvalue weighted by atomic mass is 79.9. The Labute approximate surface area is 104 Å². The van der Waals surface area contributed by atoms with Crippen molar-refractivity contribution in [2.24, 2.45) is 4.99 Å². The third-order valence-corrected chi connectivity index (χ3v) is 3.94. The van der Waals surface area contributed by atoms with Gasteiger partial charge >= 0.3 is 0 Å². The van der Waals surface area contributed by atoms with Gasteiger partial charge in [-0.1, -0.05) is 40.9 Å². The van der Waals surface area contributed by atoms with Gasteiger partial charge in [0.1, 0.15) is 0 Å². The highest BCUT2D eigenvalue weighted by Gasteiger charge is 2.35. The first-order chi connectivity index (χ1) is 7.77. The van der Waals surface area contributed by atoms with Crippen molar-refractivity contribution in [3.05, 3.63) is 34.3 Å². The zero-order chi connectivity index (χ0) is 11.4. The Hall–Kier alpha value is -0.920. The van der Waals surface area contributed by atoms with Gasteiger partial charge in [-0.25, -0.2) is 9.79 Å². The first-order valence-corrected chi connectivity index (χ1v) is 6.36. The summed E-state index contributed by atoms with van der Waals surface area (Å²) in [4.78, 5) is 14.1. The maximum absolute atomic E-state index is 10.3. The van der Waals surface area contributed by atoms with Crippen molar-refractivity contribution < 1.29 is 4.79 Å². The second-order valence-electron chi connectivity index (χ2n) is 4.41. The number of halogens is 1. The minimum absolute atomic E-state index is 0.0706. The van der Waals surface area contributed by atoms with E-state index in [1.54, 1.807) is 6.08 Å². The van der Waals surface area contributed by atoms with Gasteiger partial charge in [-0.15, -0.1) is 0 Å². The maximum atomic E-state index is 10.3. The summed E-state index contributed by atoms with van der Waals surface area (Å²) in [6.07, 6.45) is 6.35. The van der Waals surface area contributed by atoms with E-state index in [4.69, 9.17) is 0 Å². The number of nitrogens with zero attached hydrogens (tertiary/aromatic N) is 1. The van der Waals surface area contributed by atoms with Gasteiger partial charge in [0, 0.05) is 9.89 Å². The Balaban J connectivity index is 2.35. The van der Waals surface area contributed by atoms with Crippen molar-refractivity contribution in [2.75, 3.05) is 6.54 Å². The molecule has 0 radical (unpaired) electrons. The third-order valence-electron chi connectivity index (χ3n) is 3.44. The topological polar surface area (TPSA) is 29.4 Å². The lowest BCUT2D eigenvalue weighted by atomic mass is 9.79. The number of hydrogen-bond acceptors (Lipinski definition) is 2. The summed E-state index contributed by atoms with van der Waals surface area (Å²) in [7, 11) is 0. The third kappa shape index (κ3) is 2.26. The normalized spacial score (nSPS) is 18.1. The molecule has 1 saturated carbocycles. The Morgan fingerprint density at radius 1 is 1.38 bits per heavy atom. The first-order valence-electron chi connectivity index (χ1n) is 5.56. The summed E-state index contributed by atoms with van der Waals surface area (Å²) in [5, 5.41) is 0. The average molecular weight is 280 g/mol. The predicted octanol–water partition coefficient (Wildman–Crippen LogP) is 3.60. The van der Waals surface area contributed by atoms with Crippen LogP contribution in [0, 0.1) is 0 Å². The molecule has 0 heterocycles. The molecular weight excluding hydrogens is 266 g/mol. The number of rotatable bonds is 3. The molecule has 0 N–H and O–H groups in total. The summed E-state index contributed by atoms with van der Waals surface area (Å²) >= 11 is 3.49. The lowest BCUT2D eigenvalue weighted by molar-refractivity contribution is 0.451. The molecule has 1 aliphatic rings. The summed E-state index contributed by atoms with van der Waals surface area (Å²) in [6, 6.07) is 8.35. The van der Waals surface area contributed by atoms with Gasteiger partial charge in [0.25, 0.3) is 0 Å². The van der Waals surface area contributed by atoms with E-state index in [1.165, 1.54) is 18.4 Å². The molecule has 16 heavy (non-hydrogen) atoms. The average Bonchev–Trinajstić information content (AvgIpc) is 2.76. The van der Waals surface area contributed by atoms with Crippen molar-refractivity contribution in [1.82, 2.24) is 0 Å². The van der Waals surface area contributed by atoms with Crippen LogP contribution in [0.2, 0.25) is 0 Å². The number of benzene rings is 1. The second-order valence-corrected chi connectivity index (χ2v) is 5.32. The van der Waals surface area contributed by atoms with Gasteiger partial charge in [-0.05, 0) is 30.5 Å². The largest absolute Gasteiger partial charge is 0.234 e. The molecule has 3 heteroatoms. The van der Waals surface area contributed by atoms with Crippen LogP contribution in [0.5, 0.6) is 0 Å². The monoisotopic (exact) mass is 279 g/mol. The number of carbonyl (C=O) groups excluding carboxylic acids is 1. The van der Waals surface area contributed by atoms with E-state index in [1.807, 2.05) is 12.1 Å². The van der Waals surface area contributed by atoms with Crippen LogP contribution in [-0.4, -0.2) is 12.6 Å². The van der Waals surface area contributed by atoms with Crippen LogP contribution in [0.4, 0.5) is 0 Å². The van der Waals surface area contributed by atoms with E-state index in [0.717, 1.165) is 17.3 Å². The van der Waals surface area contributed by atoms with Crippen LogP contribution in [0.25, 0.3) is 0 Å². The minimum Gasteiger partial charge on any atom is -0.211 e. The van der Waals surface area contributed by atoms with E-state index >= 15 is 0 Å². The van der Waals surface area contributed by atoms with E-state index < -0.39 is 0 Å². The molecule has 1 aromatic carbocycles. The molecule has 0 unspecified atom stereocenters. The van der Waals surface area contributed by atoms with Crippen LogP contribution < -0.4 is 0 Å². The fourth-order valence-electron chi connectivity index (χ4n) is 2.59. The van der Waals surface area contributed by atoms with Crippen LogP contribution in [0.3, 0.4) is 0 Å². The Morgan fingerprint density at radius 3 is 2.75 bits per heavy atom. The molecule has 1 aromatic rings. The smallest absolute Gasteiger partial charge is 0.211 e. The molecule has 0 atom stereocenters. The fraction of sp³-hybridized carbons (Fsp3) is 0.462. The predicted molar refractivity (Wildman–Crippen MR) is 67.3 cm³/mol. The van der Waals surface area contributed by atoms with Gasteiger partial charge in [0.15, 0.2) is 0 Å². The quantitative estimate of drug-likeness (QED) is 0.614. The standard InChI is InChI=1S/C13H14BrNO/c14-12-5-3-4-11(8-12)13(9-15-10-16)6-1-2-7-13/h3-5,8H,1-2,6-7,9H2. The molecular formula is C13H14BrNO. The molecule has 84 valence electrons. The van der Waals surface area contributed by atoms with Crippen molar-refractivity contribution in [1.29, 1.82) is 0 Å². The lowest BCUT2D eigenvalue weighted by Gasteiger charge is -2.27. The second kappa shape index (κ2) is 4.94. The molecule has 0 saturated heterocycles. The fourth-order valence-corrected chi connectivity index (χ4v) is 2.99. The highest BCUT2D eigenvalue weighted by Crippen LogP contribution is 2.41. The van der Waals surface area contributed by atoms with Gasteiger partial charge in [0.05, 0.1) is 6.54 Å². The molecule has 0 aliphatic heterocycles. The zero-order valence-electron chi connectivity index (χ0n) is 9.08. The SMILES string of the molecule is O=C=NCC1(c2cccc(Br)c2)CCCC1. The van der Waals surface area contributed by atoms with Gasteiger partial charge in [0.2, 0.25) is 6.08 Å². The molecule has 2 nitrogen and oxygen atoms in total. The van der Waals surface area contributed by atoms with E-state index in [0.29, 0.717) is 6.54 Å². The number of isocyanates is 1. The first kappa shape index (κ1) is 11.6. The number of hydrogen-bond donors (Lipinski definition) is 0. The minimum atomic E-state index is 0.0706. The molecule has 1 aliphatic carbocycles. The zero-order valence-corrected chi connectivity index (χ0v) is 10.7. The highest BCUT2D eigenvalue weighted by molar-refractivity contribution is 9.10. The molecule has 2 rings (SSSR count). The Morgan fingerprint density at radius 2 is 2.12 bits per heavy atom. The van der Waals surface area contributed by atoms with Crippen LogP contribution in [0.15, 0.2) is 33.7 Å². The van der Waals surface area contributed by atoms with Crippen molar-refractivity contribution in [3.63, 3.8) is 0 Å². The molecule has 0 amide bonds. The van der Waals surface area contributed by atoms with Crippen molar-refractivity contribution >= 4 is 22.0 Å². The molecule has 0 bridgehead atoms. The van der Waals surface area contributed by atoms with E-state index in [-0.39, 0.29) is 5.41 Å². The summed E-state index contributed by atoms with van der Waals surface area (Å²) in [5.74, 6) is 0. The van der Waals surface area contributed by atoms with Crippen LogP contribution in [-0.2, 0) is 10.2 Å². The summed E-state index contributed by atoms with van der Waals surface area (Å²) in [5.41, 5.74) is 1.36. The van der Waals surface area contributed by atoms with Gasteiger partial charge in [-0.2, -0.15) is 0 Å². The Kier molecular flexibility index (Phi) is 3.57. The van der Waals surface area contributed by atoms with E-state index in [9.17, 15) is 4.79 Å². The maximum Gasteiger partial charge on any atom is 0.234 e. The molecule has 0 aromatic heterocycles. The Bertz CT molecular complexity index is 418. The summed E-state index contributed by atoms with van der Waals surface area (Å²) in [6.45, 7) is 0.576. The van der Waals surface area contributed by atoms with Crippen molar-refractivity contribution in [3.8, 4) is 0 Å². The van der Waals surface area contributed by atoms with Gasteiger partial charge < -0.3 is 0 Å². The van der Waals surface area contributed by atoms with E-state index in [2.05, 4.69) is 33.1 Å². The van der Waals surface area contributed by atoms with Crippen molar-refractivity contribution in [2.45, 2.75) is 31.1 Å². The van der Waals surface area contributed by atoms with Gasteiger partial charge in [-0.3, -0.25) is 0 Å². The lowest BCUT2D eigenvalue weighted by Crippen LogP contribution is -2.25. The number of aliphatic imine (C=N–C) groups is 1. The summed E-state index contributed by atoms with van der Waals surface area (Å²) < 4.78 is 1.09. The molecule has 1 fully saturated rings.